The van der Waals surface area contributed by atoms with Crippen LogP contribution in [0, 0.1) is 19.8 Å². The van der Waals surface area contributed by atoms with Gasteiger partial charge < -0.3 is 5.32 Å². The number of carbonyl (C=O) groups excluding carboxylic acids is 3. The van der Waals surface area contributed by atoms with Crippen molar-refractivity contribution >= 4 is 34.5 Å². The third kappa shape index (κ3) is 5.06. The molecule has 0 bridgehead atoms. The van der Waals surface area contributed by atoms with E-state index in [1.807, 2.05) is 30.7 Å². The summed E-state index contributed by atoms with van der Waals surface area (Å²) in [5, 5.41) is 7.25. The number of aryl methyl sites for hydroxylation is 1. The highest BCUT2D eigenvalue weighted by atomic mass is 32.2. The van der Waals surface area contributed by atoms with Crippen LogP contribution >= 0.6 is 11.8 Å². The maximum atomic E-state index is 12.5. The van der Waals surface area contributed by atoms with Gasteiger partial charge in [-0.1, -0.05) is 37.7 Å². The van der Waals surface area contributed by atoms with Gasteiger partial charge in [0, 0.05) is 23.5 Å². The fourth-order valence-electron chi connectivity index (χ4n) is 3.29. The van der Waals surface area contributed by atoms with Crippen LogP contribution in [0.2, 0.25) is 0 Å². The SMILES string of the molecule is Cc1nn(CC(C)C)c(C)c1CC(=O)Nc1ccc(CN2C(=O)CSC2=O)cc1. The van der Waals surface area contributed by atoms with E-state index in [1.165, 1.54) is 4.90 Å². The summed E-state index contributed by atoms with van der Waals surface area (Å²) in [7, 11) is 0. The van der Waals surface area contributed by atoms with E-state index in [4.69, 9.17) is 0 Å². The third-order valence-electron chi connectivity index (χ3n) is 4.83. The first-order chi connectivity index (χ1) is 13.7. The largest absolute Gasteiger partial charge is 0.326 e. The van der Waals surface area contributed by atoms with E-state index in [1.54, 1.807) is 12.1 Å². The highest BCUT2D eigenvalue weighted by Gasteiger charge is 2.29. The van der Waals surface area contributed by atoms with Crippen molar-refractivity contribution in [3.8, 4) is 0 Å². The van der Waals surface area contributed by atoms with Gasteiger partial charge in [0.25, 0.3) is 5.24 Å². The van der Waals surface area contributed by atoms with E-state index in [0.29, 0.717) is 11.6 Å². The Hall–Kier alpha value is -2.61. The maximum absolute atomic E-state index is 12.5. The van der Waals surface area contributed by atoms with Crippen molar-refractivity contribution in [2.24, 2.45) is 5.92 Å². The smallest absolute Gasteiger partial charge is 0.289 e. The van der Waals surface area contributed by atoms with Gasteiger partial charge in [0.05, 0.1) is 24.4 Å². The van der Waals surface area contributed by atoms with E-state index < -0.39 is 0 Å². The van der Waals surface area contributed by atoms with Crippen LogP contribution in [0.1, 0.15) is 36.4 Å². The van der Waals surface area contributed by atoms with Gasteiger partial charge in [-0.2, -0.15) is 5.10 Å². The molecule has 0 unspecified atom stereocenters. The number of hydrogen-bond donors (Lipinski definition) is 1. The molecule has 0 spiro atoms. The van der Waals surface area contributed by atoms with Gasteiger partial charge in [0.2, 0.25) is 11.8 Å². The molecule has 1 aromatic heterocycles. The first-order valence-electron chi connectivity index (χ1n) is 9.63. The number of benzene rings is 1. The van der Waals surface area contributed by atoms with Crippen LogP contribution < -0.4 is 5.32 Å². The molecule has 1 N–H and O–H groups in total. The molecule has 29 heavy (non-hydrogen) atoms. The van der Waals surface area contributed by atoms with Crippen LogP contribution in [0.15, 0.2) is 24.3 Å². The maximum Gasteiger partial charge on any atom is 0.289 e. The molecule has 8 heteroatoms. The molecule has 0 aliphatic carbocycles. The molecule has 1 saturated heterocycles. The van der Waals surface area contributed by atoms with Crippen molar-refractivity contribution < 1.29 is 14.4 Å². The number of anilines is 1. The molecular weight excluding hydrogens is 388 g/mol. The average Bonchev–Trinajstić information content (AvgIpc) is 3.10. The van der Waals surface area contributed by atoms with Gasteiger partial charge in [0.15, 0.2) is 0 Å². The second-order valence-electron chi connectivity index (χ2n) is 7.68. The summed E-state index contributed by atoms with van der Waals surface area (Å²) in [4.78, 5) is 37.2. The fourth-order valence-corrected chi connectivity index (χ4v) is 4.01. The normalized spacial score (nSPS) is 14.2. The Kier molecular flexibility index (Phi) is 6.42. The Morgan fingerprint density at radius 1 is 1.21 bits per heavy atom. The summed E-state index contributed by atoms with van der Waals surface area (Å²) in [6.07, 6.45) is 0.269. The summed E-state index contributed by atoms with van der Waals surface area (Å²) in [5.74, 6) is 0.424. The van der Waals surface area contributed by atoms with Crippen LogP contribution in [0.25, 0.3) is 0 Å². The number of nitrogens with zero attached hydrogens (tertiary/aromatic N) is 3. The summed E-state index contributed by atoms with van der Waals surface area (Å²) in [6, 6.07) is 7.20. The lowest BCUT2D eigenvalue weighted by Gasteiger charge is -2.13. The van der Waals surface area contributed by atoms with Gasteiger partial charge in [-0.3, -0.25) is 24.0 Å². The number of carbonyl (C=O) groups is 3. The molecule has 0 atom stereocenters. The topological polar surface area (TPSA) is 84.3 Å². The summed E-state index contributed by atoms with van der Waals surface area (Å²) < 4.78 is 1.97. The predicted molar refractivity (Wildman–Crippen MR) is 114 cm³/mol. The van der Waals surface area contributed by atoms with Gasteiger partial charge >= 0.3 is 0 Å². The molecule has 7 nitrogen and oxygen atoms in total. The molecule has 2 aromatic rings. The third-order valence-corrected chi connectivity index (χ3v) is 5.68. The number of hydrogen-bond acceptors (Lipinski definition) is 5. The minimum atomic E-state index is -0.212. The quantitative estimate of drug-likeness (QED) is 0.749. The van der Waals surface area contributed by atoms with Crippen LogP contribution in [0.3, 0.4) is 0 Å². The van der Waals surface area contributed by atoms with Gasteiger partial charge in [-0.25, -0.2) is 0 Å². The molecule has 3 amide bonds. The van der Waals surface area contributed by atoms with E-state index in [2.05, 4.69) is 24.3 Å². The number of nitrogens with one attached hydrogen (secondary N) is 1. The first-order valence-corrected chi connectivity index (χ1v) is 10.6. The van der Waals surface area contributed by atoms with E-state index in [9.17, 15) is 14.4 Å². The number of thioether (sulfide) groups is 1. The van der Waals surface area contributed by atoms with Crippen LogP contribution in [0.5, 0.6) is 0 Å². The molecule has 1 fully saturated rings. The Labute approximate surface area is 174 Å². The lowest BCUT2D eigenvalue weighted by molar-refractivity contribution is -0.125. The number of imide groups is 1. The van der Waals surface area contributed by atoms with Crippen molar-refractivity contribution in [1.82, 2.24) is 14.7 Å². The lowest BCUT2D eigenvalue weighted by atomic mass is 10.1. The van der Waals surface area contributed by atoms with E-state index >= 15 is 0 Å². The number of aromatic nitrogens is 2. The minimum absolute atomic E-state index is 0.102. The van der Waals surface area contributed by atoms with Crippen LogP contribution in [-0.2, 0) is 29.1 Å². The Morgan fingerprint density at radius 3 is 2.48 bits per heavy atom. The Balaban J connectivity index is 1.61. The molecule has 3 rings (SSSR count). The minimum Gasteiger partial charge on any atom is -0.326 e. The summed E-state index contributed by atoms with van der Waals surface area (Å²) in [6.45, 7) is 9.30. The van der Waals surface area contributed by atoms with Crippen molar-refractivity contribution in [2.75, 3.05) is 11.1 Å². The molecule has 0 radical (unpaired) electrons. The van der Waals surface area contributed by atoms with Crippen LogP contribution in [0.4, 0.5) is 10.5 Å². The Bertz CT molecular complexity index is 918. The standard InChI is InChI=1S/C21H26N4O3S/c1-13(2)10-25-15(4)18(14(3)23-25)9-19(26)22-17-7-5-16(6-8-17)11-24-20(27)12-29-21(24)28/h5-8,13H,9-12H2,1-4H3,(H,22,26). The predicted octanol–water partition coefficient (Wildman–Crippen LogP) is 3.53. The zero-order valence-corrected chi connectivity index (χ0v) is 18.0. The van der Waals surface area contributed by atoms with Crippen molar-refractivity contribution in [1.29, 1.82) is 0 Å². The highest BCUT2D eigenvalue weighted by Crippen LogP contribution is 2.22. The molecule has 0 saturated carbocycles. The van der Waals surface area contributed by atoms with Crippen LogP contribution in [-0.4, -0.2) is 37.5 Å². The molecule has 1 aliphatic heterocycles. The lowest BCUT2D eigenvalue weighted by Crippen LogP contribution is -2.27. The summed E-state index contributed by atoms with van der Waals surface area (Å²) in [5.41, 5.74) is 4.39. The highest BCUT2D eigenvalue weighted by molar-refractivity contribution is 8.14. The van der Waals surface area contributed by atoms with Crippen molar-refractivity contribution in [3.05, 3.63) is 46.8 Å². The second-order valence-corrected chi connectivity index (χ2v) is 8.61. The molecular formula is C21H26N4O3S. The molecule has 2 heterocycles. The molecule has 154 valence electrons. The zero-order valence-electron chi connectivity index (χ0n) is 17.2. The zero-order chi connectivity index (χ0) is 21.1. The molecule has 1 aromatic carbocycles. The second kappa shape index (κ2) is 8.82. The van der Waals surface area contributed by atoms with E-state index in [0.717, 1.165) is 40.8 Å². The monoisotopic (exact) mass is 414 g/mol. The Morgan fingerprint density at radius 2 is 1.90 bits per heavy atom. The number of rotatable bonds is 7. The van der Waals surface area contributed by atoms with Gasteiger partial charge in [-0.05, 0) is 37.5 Å². The van der Waals surface area contributed by atoms with E-state index in [-0.39, 0.29) is 35.8 Å². The first kappa shape index (κ1) is 21.1. The molecule has 1 aliphatic rings. The summed E-state index contributed by atoms with van der Waals surface area (Å²) >= 11 is 1.03. The van der Waals surface area contributed by atoms with Crippen molar-refractivity contribution in [2.45, 2.75) is 47.2 Å². The van der Waals surface area contributed by atoms with Gasteiger partial charge in [0.1, 0.15) is 0 Å². The van der Waals surface area contributed by atoms with Gasteiger partial charge in [-0.15, -0.1) is 0 Å². The average molecular weight is 415 g/mol. The number of amides is 3. The van der Waals surface area contributed by atoms with Crippen molar-refractivity contribution in [3.63, 3.8) is 0 Å². The fraction of sp³-hybridized carbons (Fsp3) is 0.429.